The van der Waals surface area contributed by atoms with Gasteiger partial charge in [-0.2, -0.15) is 4.98 Å². The van der Waals surface area contributed by atoms with Crippen LogP contribution in [0.5, 0.6) is 0 Å². The molecule has 2 aromatic heterocycles. The van der Waals surface area contributed by atoms with E-state index in [-0.39, 0.29) is 6.04 Å². The van der Waals surface area contributed by atoms with Crippen LogP contribution in [0, 0.1) is 0 Å². The fraction of sp³-hybridized carbons (Fsp3) is 0.417. The van der Waals surface area contributed by atoms with Crippen molar-refractivity contribution in [3.8, 4) is 11.5 Å². The van der Waals surface area contributed by atoms with Crippen LogP contribution in [0.1, 0.15) is 24.8 Å². The minimum absolute atomic E-state index is 0.167. The minimum Gasteiger partial charge on any atom is -0.337 e. The molecule has 18 heavy (non-hydrogen) atoms. The average molecular weight is 245 g/mol. The van der Waals surface area contributed by atoms with Crippen LogP contribution in [0.2, 0.25) is 0 Å². The third-order valence-electron chi connectivity index (χ3n) is 3.16. The summed E-state index contributed by atoms with van der Waals surface area (Å²) >= 11 is 0. The number of rotatable bonds is 3. The quantitative estimate of drug-likeness (QED) is 0.881. The molecule has 0 saturated carbocycles. The fourth-order valence-electron chi connectivity index (χ4n) is 2.26. The first-order valence-electron chi connectivity index (χ1n) is 6.07. The van der Waals surface area contributed by atoms with Crippen molar-refractivity contribution < 1.29 is 4.52 Å². The molecule has 0 amide bonds. The Morgan fingerprint density at radius 1 is 1.44 bits per heavy atom. The van der Waals surface area contributed by atoms with E-state index in [4.69, 9.17) is 4.52 Å². The Kier molecular flexibility index (Phi) is 3.04. The zero-order valence-electron chi connectivity index (χ0n) is 10.2. The molecule has 0 unspecified atom stereocenters. The van der Waals surface area contributed by atoms with Crippen LogP contribution in [-0.4, -0.2) is 33.7 Å². The summed E-state index contributed by atoms with van der Waals surface area (Å²) < 4.78 is 5.35. The van der Waals surface area contributed by atoms with Crippen molar-refractivity contribution in [2.24, 2.45) is 0 Å². The number of pyridine rings is 1. The van der Waals surface area contributed by atoms with Crippen molar-refractivity contribution in [3.05, 3.63) is 30.3 Å². The Morgan fingerprint density at radius 3 is 3.17 bits per heavy atom. The van der Waals surface area contributed by atoms with Gasteiger partial charge in [0.2, 0.25) is 11.7 Å². The van der Waals surface area contributed by atoms with Gasteiger partial charge in [-0.05, 0) is 32.0 Å². The summed E-state index contributed by atoms with van der Waals surface area (Å²) in [5, 5.41) is 6.12. The monoisotopic (exact) mass is 245 g/mol. The molecule has 1 saturated heterocycles. The highest BCUT2D eigenvalue weighted by molar-refractivity contribution is 5.47. The van der Waals surface area contributed by atoms with E-state index in [1.54, 1.807) is 6.20 Å². The molecule has 3 rings (SSSR count). The number of hydrogen-bond donors (Lipinski definition) is 1. The molecule has 0 bridgehead atoms. The van der Waals surface area contributed by atoms with E-state index in [0.717, 1.165) is 25.1 Å². The molecule has 94 valence electrons. The highest BCUT2D eigenvalue weighted by Gasteiger charge is 2.30. The zero-order valence-corrected chi connectivity index (χ0v) is 10.2. The van der Waals surface area contributed by atoms with E-state index >= 15 is 0 Å². The molecule has 1 fully saturated rings. The Morgan fingerprint density at radius 2 is 2.39 bits per heavy atom. The lowest BCUT2D eigenvalue weighted by atomic mass is 10.2. The Labute approximate surface area is 105 Å². The topological polar surface area (TPSA) is 67.1 Å². The molecule has 3 heterocycles. The van der Waals surface area contributed by atoms with Gasteiger partial charge >= 0.3 is 0 Å². The molecule has 2 aromatic rings. The predicted molar refractivity (Wildman–Crippen MR) is 65.3 cm³/mol. The van der Waals surface area contributed by atoms with Crippen LogP contribution in [0.3, 0.4) is 0 Å². The van der Waals surface area contributed by atoms with Gasteiger partial charge in [0.25, 0.3) is 0 Å². The second kappa shape index (κ2) is 4.83. The van der Waals surface area contributed by atoms with Gasteiger partial charge in [-0.3, -0.25) is 10.4 Å². The van der Waals surface area contributed by atoms with E-state index in [0.29, 0.717) is 11.7 Å². The van der Waals surface area contributed by atoms with Gasteiger partial charge in [-0.1, -0.05) is 11.2 Å². The summed E-state index contributed by atoms with van der Waals surface area (Å²) in [7, 11) is 1.91. The third-order valence-corrected chi connectivity index (χ3v) is 3.16. The van der Waals surface area contributed by atoms with E-state index in [1.807, 2.05) is 25.2 Å². The number of nitrogens with zero attached hydrogens (tertiary/aromatic N) is 4. The predicted octanol–water partition coefficient (Wildman–Crippen LogP) is 1.40. The molecule has 1 N–H and O–H groups in total. The molecule has 1 aliphatic rings. The smallest absolute Gasteiger partial charge is 0.245 e. The standard InChI is InChI=1S/C12H15N5O/c1-13-17-8-4-6-10(17)12-15-11(16-18-12)9-5-2-3-7-14-9/h2-3,5,7,10,13H,4,6,8H2,1H3/t10-/m0/s1. The van der Waals surface area contributed by atoms with Crippen molar-refractivity contribution in [2.45, 2.75) is 18.9 Å². The van der Waals surface area contributed by atoms with Gasteiger partial charge < -0.3 is 4.52 Å². The van der Waals surface area contributed by atoms with Crippen molar-refractivity contribution >= 4 is 0 Å². The molecular formula is C12H15N5O. The SMILES string of the molecule is CNN1CCC[C@H]1c1nc(-c2ccccn2)no1. The first-order valence-corrected chi connectivity index (χ1v) is 6.07. The van der Waals surface area contributed by atoms with E-state index in [2.05, 4.69) is 25.6 Å². The van der Waals surface area contributed by atoms with Crippen LogP contribution in [0.4, 0.5) is 0 Å². The van der Waals surface area contributed by atoms with Gasteiger partial charge in [0.05, 0.1) is 0 Å². The summed E-state index contributed by atoms with van der Waals surface area (Å²) in [5.41, 5.74) is 3.89. The maximum Gasteiger partial charge on any atom is 0.245 e. The lowest BCUT2D eigenvalue weighted by molar-refractivity contribution is 0.157. The van der Waals surface area contributed by atoms with Gasteiger partial charge in [-0.15, -0.1) is 0 Å². The zero-order chi connectivity index (χ0) is 12.4. The average Bonchev–Trinajstić information content (AvgIpc) is 3.08. The Hall–Kier alpha value is -1.79. The molecule has 1 aliphatic heterocycles. The van der Waals surface area contributed by atoms with Gasteiger partial charge in [0.1, 0.15) is 11.7 Å². The minimum atomic E-state index is 0.167. The number of aromatic nitrogens is 3. The summed E-state index contributed by atoms with van der Waals surface area (Å²) in [6.45, 7) is 1.00. The van der Waals surface area contributed by atoms with E-state index in [9.17, 15) is 0 Å². The lowest BCUT2D eigenvalue weighted by Crippen LogP contribution is -2.34. The molecule has 0 aliphatic carbocycles. The van der Waals surface area contributed by atoms with Gasteiger partial charge in [0, 0.05) is 12.7 Å². The van der Waals surface area contributed by atoms with Gasteiger partial charge in [-0.25, -0.2) is 5.01 Å². The Bertz CT molecular complexity index is 512. The molecule has 0 aromatic carbocycles. The van der Waals surface area contributed by atoms with E-state index < -0.39 is 0 Å². The normalized spacial score (nSPS) is 20.4. The first kappa shape index (κ1) is 11.3. The first-order chi connectivity index (χ1) is 8.88. The van der Waals surface area contributed by atoms with Crippen molar-refractivity contribution in [2.75, 3.05) is 13.6 Å². The van der Waals surface area contributed by atoms with Crippen LogP contribution in [0.15, 0.2) is 28.9 Å². The number of nitrogens with one attached hydrogen (secondary N) is 1. The summed E-state index contributed by atoms with van der Waals surface area (Å²) in [5.74, 6) is 1.20. The van der Waals surface area contributed by atoms with Gasteiger partial charge in [0.15, 0.2) is 0 Å². The number of hydrazine groups is 1. The maximum absolute atomic E-state index is 5.35. The second-order valence-electron chi connectivity index (χ2n) is 4.25. The fourth-order valence-corrected chi connectivity index (χ4v) is 2.26. The van der Waals surface area contributed by atoms with Crippen LogP contribution in [-0.2, 0) is 0 Å². The summed E-state index contributed by atoms with van der Waals surface area (Å²) in [6, 6.07) is 5.82. The third kappa shape index (κ3) is 2.00. The highest BCUT2D eigenvalue weighted by Crippen LogP contribution is 2.29. The summed E-state index contributed by atoms with van der Waals surface area (Å²) in [4.78, 5) is 8.65. The molecule has 1 atom stereocenters. The molecule has 0 radical (unpaired) electrons. The maximum atomic E-state index is 5.35. The van der Waals surface area contributed by atoms with Crippen LogP contribution in [0.25, 0.3) is 11.5 Å². The Balaban J connectivity index is 1.86. The largest absolute Gasteiger partial charge is 0.337 e. The highest BCUT2D eigenvalue weighted by atomic mass is 16.5. The molecule has 6 nitrogen and oxygen atoms in total. The second-order valence-corrected chi connectivity index (χ2v) is 4.25. The van der Waals surface area contributed by atoms with Crippen LogP contribution >= 0.6 is 0 Å². The van der Waals surface area contributed by atoms with Crippen molar-refractivity contribution in [3.63, 3.8) is 0 Å². The lowest BCUT2D eigenvalue weighted by Gasteiger charge is -2.19. The van der Waals surface area contributed by atoms with Crippen LogP contribution < -0.4 is 5.43 Å². The van der Waals surface area contributed by atoms with Crippen molar-refractivity contribution in [1.29, 1.82) is 0 Å². The molecular weight excluding hydrogens is 230 g/mol. The summed E-state index contributed by atoms with van der Waals surface area (Å²) in [6.07, 6.45) is 3.89. The van der Waals surface area contributed by atoms with Crippen molar-refractivity contribution in [1.82, 2.24) is 25.6 Å². The molecule has 0 spiro atoms. The number of hydrogen-bond acceptors (Lipinski definition) is 6. The molecule has 6 heteroatoms. The van der Waals surface area contributed by atoms with E-state index in [1.165, 1.54) is 0 Å².